The average molecular weight is 413 g/mol. The Kier molecular flexibility index (Phi) is 5.85. The van der Waals surface area contributed by atoms with Gasteiger partial charge in [-0.05, 0) is 29.7 Å². The number of rotatable bonds is 6. The van der Waals surface area contributed by atoms with Crippen molar-refractivity contribution in [1.82, 2.24) is 4.90 Å². The van der Waals surface area contributed by atoms with Crippen LogP contribution in [0.2, 0.25) is 0 Å². The molecule has 0 spiro atoms. The maximum absolute atomic E-state index is 13.0. The fraction of sp³-hybridized carbons (Fsp3) is 0.154. The van der Waals surface area contributed by atoms with Gasteiger partial charge in [0.05, 0.1) is 18.7 Å². The van der Waals surface area contributed by atoms with Crippen LogP contribution in [0.5, 0.6) is 5.75 Å². The summed E-state index contributed by atoms with van der Waals surface area (Å²) in [4.78, 5) is 27.5. The Bertz CT molecular complexity index is 1110. The van der Waals surface area contributed by atoms with Gasteiger partial charge in [-0.25, -0.2) is 0 Å². The third kappa shape index (κ3) is 4.08. The first-order valence-electron chi connectivity index (χ1n) is 10.1. The number of amides is 1. The van der Waals surface area contributed by atoms with Gasteiger partial charge in [-0.3, -0.25) is 9.59 Å². The SMILES string of the molecule is COc1ccc([C@@H]2C(=C(O)c3ccccc3)C(=O)C(=O)N2CCc2ccccc2)cc1. The highest BCUT2D eigenvalue weighted by atomic mass is 16.5. The van der Waals surface area contributed by atoms with E-state index in [0.717, 1.165) is 11.1 Å². The first-order valence-corrected chi connectivity index (χ1v) is 10.1. The number of Topliss-reactive ketones (excluding diaryl/α,β-unsaturated/α-hetero) is 1. The molecule has 1 aliphatic rings. The number of likely N-dealkylation sites (tertiary alicyclic amines) is 1. The van der Waals surface area contributed by atoms with Crippen molar-refractivity contribution in [3.8, 4) is 5.75 Å². The Morgan fingerprint density at radius 3 is 2.13 bits per heavy atom. The summed E-state index contributed by atoms with van der Waals surface area (Å²) in [5, 5.41) is 11.0. The second-order valence-electron chi connectivity index (χ2n) is 7.37. The number of hydrogen-bond donors (Lipinski definition) is 1. The standard InChI is InChI=1S/C26H23NO4/c1-31-21-14-12-19(13-15-21)23-22(24(28)20-10-6-3-7-11-20)25(29)26(30)27(23)17-16-18-8-4-2-5-9-18/h2-15,23,28H,16-17H2,1H3/t23-/m1/s1. The molecule has 1 amide bonds. The topological polar surface area (TPSA) is 66.8 Å². The van der Waals surface area contributed by atoms with Gasteiger partial charge < -0.3 is 14.7 Å². The minimum Gasteiger partial charge on any atom is -0.507 e. The fourth-order valence-electron chi connectivity index (χ4n) is 3.89. The van der Waals surface area contributed by atoms with E-state index >= 15 is 0 Å². The van der Waals surface area contributed by atoms with E-state index in [1.807, 2.05) is 48.5 Å². The molecule has 0 aliphatic carbocycles. The molecule has 1 N–H and O–H groups in total. The zero-order valence-corrected chi connectivity index (χ0v) is 17.2. The predicted octanol–water partition coefficient (Wildman–Crippen LogP) is 4.36. The molecule has 0 saturated carbocycles. The van der Waals surface area contributed by atoms with Crippen LogP contribution in [0.25, 0.3) is 5.76 Å². The number of benzene rings is 3. The van der Waals surface area contributed by atoms with Gasteiger partial charge in [-0.15, -0.1) is 0 Å². The zero-order chi connectivity index (χ0) is 21.8. The number of aliphatic hydroxyl groups excluding tert-OH is 1. The van der Waals surface area contributed by atoms with Crippen LogP contribution in [-0.4, -0.2) is 35.4 Å². The Balaban J connectivity index is 1.77. The molecule has 0 bridgehead atoms. The lowest BCUT2D eigenvalue weighted by Gasteiger charge is -2.25. The maximum atomic E-state index is 13.0. The highest BCUT2D eigenvalue weighted by Gasteiger charge is 2.45. The van der Waals surface area contributed by atoms with Crippen LogP contribution in [0.3, 0.4) is 0 Å². The van der Waals surface area contributed by atoms with Crippen LogP contribution in [0, 0.1) is 0 Å². The molecule has 156 valence electrons. The number of nitrogens with zero attached hydrogens (tertiary/aromatic N) is 1. The van der Waals surface area contributed by atoms with Gasteiger partial charge in [0.1, 0.15) is 11.5 Å². The predicted molar refractivity (Wildman–Crippen MR) is 119 cm³/mol. The zero-order valence-electron chi connectivity index (χ0n) is 17.2. The maximum Gasteiger partial charge on any atom is 0.295 e. The lowest BCUT2D eigenvalue weighted by molar-refractivity contribution is -0.139. The van der Waals surface area contributed by atoms with E-state index in [9.17, 15) is 14.7 Å². The van der Waals surface area contributed by atoms with Gasteiger partial charge in [0.25, 0.3) is 11.7 Å². The largest absolute Gasteiger partial charge is 0.507 e. The summed E-state index contributed by atoms with van der Waals surface area (Å²) in [5.41, 5.74) is 2.42. The summed E-state index contributed by atoms with van der Waals surface area (Å²) in [5.74, 6) is -0.764. The van der Waals surface area contributed by atoms with Crippen molar-refractivity contribution in [3.63, 3.8) is 0 Å². The quantitative estimate of drug-likeness (QED) is 0.370. The minimum absolute atomic E-state index is 0.106. The van der Waals surface area contributed by atoms with Crippen molar-refractivity contribution in [1.29, 1.82) is 0 Å². The van der Waals surface area contributed by atoms with Crippen LogP contribution >= 0.6 is 0 Å². The van der Waals surface area contributed by atoms with Crippen LogP contribution in [0.1, 0.15) is 22.7 Å². The molecule has 5 heteroatoms. The van der Waals surface area contributed by atoms with Crippen molar-refractivity contribution in [3.05, 3.63) is 107 Å². The third-order valence-electron chi connectivity index (χ3n) is 5.50. The van der Waals surface area contributed by atoms with Crippen molar-refractivity contribution in [2.24, 2.45) is 0 Å². The molecule has 4 rings (SSSR count). The first kappa shape index (κ1) is 20.4. The lowest BCUT2D eigenvalue weighted by atomic mass is 9.95. The molecule has 1 heterocycles. The molecule has 1 saturated heterocycles. The fourth-order valence-corrected chi connectivity index (χ4v) is 3.89. The van der Waals surface area contributed by atoms with Gasteiger partial charge in [-0.1, -0.05) is 72.8 Å². The highest BCUT2D eigenvalue weighted by Crippen LogP contribution is 2.39. The van der Waals surface area contributed by atoms with Crippen LogP contribution in [0.4, 0.5) is 0 Å². The average Bonchev–Trinajstić information content (AvgIpc) is 3.08. The molecular formula is C26H23NO4. The monoisotopic (exact) mass is 413 g/mol. The molecule has 0 unspecified atom stereocenters. The highest BCUT2D eigenvalue weighted by molar-refractivity contribution is 6.46. The van der Waals surface area contributed by atoms with Crippen LogP contribution in [0.15, 0.2) is 90.5 Å². The van der Waals surface area contributed by atoms with E-state index in [1.54, 1.807) is 48.4 Å². The second kappa shape index (κ2) is 8.88. The van der Waals surface area contributed by atoms with Crippen molar-refractivity contribution in [2.75, 3.05) is 13.7 Å². The Morgan fingerprint density at radius 1 is 0.903 bits per heavy atom. The van der Waals surface area contributed by atoms with Crippen molar-refractivity contribution >= 4 is 17.4 Å². The minimum atomic E-state index is -0.671. The normalized spacial score (nSPS) is 17.7. The van der Waals surface area contributed by atoms with Crippen molar-refractivity contribution < 1.29 is 19.4 Å². The summed E-state index contributed by atoms with van der Waals surface area (Å²) < 4.78 is 5.24. The Labute approximate surface area is 181 Å². The van der Waals surface area contributed by atoms with Gasteiger partial charge in [0.15, 0.2) is 0 Å². The number of methoxy groups -OCH3 is 1. The molecule has 1 aliphatic heterocycles. The summed E-state index contributed by atoms with van der Waals surface area (Å²) in [7, 11) is 1.58. The van der Waals surface area contributed by atoms with E-state index < -0.39 is 17.7 Å². The molecule has 3 aromatic rings. The molecule has 5 nitrogen and oxygen atoms in total. The van der Waals surface area contributed by atoms with E-state index in [2.05, 4.69) is 0 Å². The molecule has 0 aromatic heterocycles. The van der Waals surface area contributed by atoms with Crippen LogP contribution in [-0.2, 0) is 16.0 Å². The van der Waals surface area contributed by atoms with Gasteiger partial charge in [-0.2, -0.15) is 0 Å². The Hall–Kier alpha value is -3.86. The van der Waals surface area contributed by atoms with Gasteiger partial charge in [0, 0.05) is 12.1 Å². The molecule has 31 heavy (non-hydrogen) atoms. The number of carbonyl (C=O) groups excluding carboxylic acids is 2. The summed E-state index contributed by atoms with van der Waals surface area (Å²) in [6.45, 7) is 0.358. The number of ketones is 1. The molecule has 1 fully saturated rings. The van der Waals surface area contributed by atoms with Gasteiger partial charge >= 0.3 is 0 Å². The van der Waals surface area contributed by atoms with Crippen LogP contribution < -0.4 is 4.74 Å². The first-order chi connectivity index (χ1) is 15.1. The molecule has 1 atom stereocenters. The smallest absolute Gasteiger partial charge is 0.295 e. The number of hydrogen-bond acceptors (Lipinski definition) is 4. The lowest BCUT2D eigenvalue weighted by Crippen LogP contribution is -2.31. The van der Waals surface area contributed by atoms with E-state index in [4.69, 9.17) is 4.74 Å². The number of aliphatic hydroxyl groups is 1. The van der Waals surface area contributed by atoms with E-state index in [0.29, 0.717) is 24.3 Å². The molecular weight excluding hydrogens is 390 g/mol. The second-order valence-corrected chi connectivity index (χ2v) is 7.37. The van der Waals surface area contributed by atoms with E-state index in [-0.39, 0.29) is 11.3 Å². The molecule has 3 aromatic carbocycles. The summed E-state index contributed by atoms with van der Waals surface area (Å²) >= 11 is 0. The van der Waals surface area contributed by atoms with Crippen molar-refractivity contribution in [2.45, 2.75) is 12.5 Å². The molecule has 0 radical (unpaired) electrons. The Morgan fingerprint density at radius 2 is 1.52 bits per heavy atom. The summed E-state index contributed by atoms with van der Waals surface area (Å²) in [6, 6.07) is 25.2. The number of carbonyl (C=O) groups is 2. The third-order valence-corrected chi connectivity index (χ3v) is 5.50. The van der Waals surface area contributed by atoms with Gasteiger partial charge in [0.2, 0.25) is 0 Å². The van der Waals surface area contributed by atoms with E-state index in [1.165, 1.54) is 0 Å². The number of ether oxygens (including phenoxy) is 1. The summed E-state index contributed by atoms with van der Waals surface area (Å²) in [6.07, 6.45) is 0.603.